The third-order valence-electron chi connectivity index (χ3n) is 3.43. The van der Waals surface area contributed by atoms with Crippen molar-refractivity contribution in [3.8, 4) is 0 Å². The minimum atomic E-state index is -0.542. The first kappa shape index (κ1) is 13.6. The zero-order valence-corrected chi connectivity index (χ0v) is 11.2. The van der Waals surface area contributed by atoms with Crippen LogP contribution in [0.2, 0.25) is 0 Å². The summed E-state index contributed by atoms with van der Waals surface area (Å²) in [5.74, 6) is -1.62. The Kier molecular flexibility index (Phi) is 4.20. The molecule has 0 spiro atoms. The summed E-state index contributed by atoms with van der Waals surface area (Å²) in [4.78, 5) is 24.0. The van der Waals surface area contributed by atoms with E-state index in [0.29, 0.717) is 13.0 Å². The first-order chi connectivity index (χ1) is 9.19. The summed E-state index contributed by atoms with van der Waals surface area (Å²) in [5, 5.41) is 0. The average Bonchev–Trinajstić information content (AvgIpc) is 2.77. The Hall–Kier alpha value is -1.84. The van der Waals surface area contributed by atoms with Crippen molar-refractivity contribution >= 4 is 11.9 Å². The molecule has 1 aromatic carbocycles. The number of hydrogen-bond acceptors (Lipinski definition) is 4. The lowest BCUT2D eigenvalue weighted by molar-refractivity contribution is -0.151. The molecule has 1 aliphatic heterocycles. The van der Waals surface area contributed by atoms with Crippen molar-refractivity contribution in [1.82, 2.24) is 0 Å². The molecule has 0 unspecified atom stereocenters. The summed E-state index contributed by atoms with van der Waals surface area (Å²) in [6.07, 6.45) is 0.0451. The van der Waals surface area contributed by atoms with Crippen molar-refractivity contribution in [3.05, 3.63) is 35.9 Å². The van der Waals surface area contributed by atoms with Gasteiger partial charge in [-0.2, -0.15) is 0 Å². The van der Waals surface area contributed by atoms with Gasteiger partial charge in [-0.15, -0.1) is 0 Å². The van der Waals surface area contributed by atoms with Gasteiger partial charge in [0.2, 0.25) is 0 Å². The van der Waals surface area contributed by atoms with Crippen LogP contribution in [0.25, 0.3) is 0 Å². The maximum atomic E-state index is 12.1. The highest BCUT2D eigenvalue weighted by molar-refractivity contribution is 5.86. The molecule has 0 saturated carbocycles. The second-order valence-electron chi connectivity index (χ2n) is 4.56. The predicted octanol–water partition coefficient (Wildman–Crippen LogP) is 2.49. The molecule has 0 aromatic heterocycles. The quantitative estimate of drug-likeness (QED) is 0.782. The van der Waals surface area contributed by atoms with Crippen LogP contribution in [-0.2, 0) is 19.1 Å². The summed E-state index contributed by atoms with van der Waals surface area (Å²) in [7, 11) is 0. The molecule has 2 rings (SSSR count). The molecule has 4 nitrogen and oxygen atoms in total. The van der Waals surface area contributed by atoms with Gasteiger partial charge in [0, 0.05) is 0 Å². The number of hydrogen-bond donors (Lipinski definition) is 0. The van der Waals surface area contributed by atoms with Gasteiger partial charge in [-0.1, -0.05) is 37.3 Å². The lowest BCUT2D eigenvalue weighted by atomic mass is 9.85. The first-order valence-electron chi connectivity index (χ1n) is 6.61. The zero-order valence-electron chi connectivity index (χ0n) is 11.2. The number of benzene rings is 1. The van der Waals surface area contributed by atoms with Crippen molar-refractivity contribution in [3.63, 3.8) is 0 Å². The van der Waals surface area contributed by atoms with Crippen LogP contribution in [0.5, 0.6) is 0 Å². The van der Waals surface area contributed by atoms with Crippen LogP contribution in [-0.4, -0.2) is 18.5 Å². The zero-order chi connectivity index (χ0) is 13.8. The number of carbonyl (C=O) groups excluding carboxylic acids is 2. The summed E-state index contributed by atoms with van der Waals surface area (Å²) >= 11 is 0. The molecule has 1 saturated heterocycles. The highest BCUT2D eigenvalue weighted by atomic mass is 16.6. The molecular formula is C15H18O4. The number of ether oxygens (including phenoxy) is 2. The van der Waals surface area contributed by atoms with Crippen molar-refractivity contribution in [2.75, 3.05) is 6.61 Å². The van der Waals surface area contributed by atoms with Crippen LogP contribution in [0.1, 0.15) is 31.9 Å². The third kappa shape index (κ3) is 2.62. The van der Waals surface area contributed by atoms with Crippen LogP contribution >= 0.6 is 0 Å². The summed E-state index contributed by atoms with van der Waals surface area (Å²) in [5.41, 5.74) is 0.838. The molecule has 102 valence electrons. The second-order valence-corrected chi connectivity index (χ2v) is 4.56. The second kappa shape index (κ2) is 5.87. The van der Waals surface area contributed by atoms with Gasteiger partial charge in [-0.3, -0.25) is 9.59 Å². The highest BCUT2D eigenvalue weighted by Gasteiger charge is 2.49. The molecule has 3 atom stereocenters. The number of esters is 2. The fourth-order valence-electron chi connectivity index (χ4n) is 2.51. The van der Waals surface area contributed by atoms with Gasteiger partial charge >= 0.3 is 11.9 Å². The van der Waals surface area contributed by atoms with Gasteiger partial charge in [-0.05, 0) is 18.9 Å². The minimum Gasteiger partial charge on any atom is -0.466 e. The smallest absolute Gasteiger partial charge is 0.313 e. The molecule has 1 aliphatic rings. The topological polar surface area (TPSA) is 52.6 Å². The van der Waals surface area contributed by atoms with Crippen LogP contribution in [0, 0.1) is 11.8 Å². The highest BCUT2D eigenvalue weighted by Crippen LogP contribution is 2.41. The SMILES string of the molecule is CCOC(=O)[C@H]1[C@@H](CC)C(=O)O[C@H]1c1ccccc1. The van der Waals surface area contributed by atoms with Gasteiger partial charge in [0.25, 0.3) is 0 Å². The summed E-state index contributed by atoms with van der Waals surface area (Å²) in [6.45, 7) is 3.95. The van der Waals surface area contributed by atoms with Crippen LogP contribution < -0.4 is 0 Å². The predicted molar refractivity (Wildman–Crippen MR) is 69.2 cm³/mol. The van der Waals surface area contributed by atoms with Gasteiger partial charge in [0.05, 0.1) is 12.5 Å². The van der Waals surface area contributed by atoms with E-state index < -0.39 is 17.9 Å². The Morgan fingerprint density at radius 2 is 1.95 bits per heavy atom. The molecule has 0 amide bonds. The molecule has 4 heteroatoms. The number of cyclic esters (lactones) is 1. The Morgan fingerprint density at radius 3 is 2.53 bits per heavy atom. The van der Waals surface area contributed by atoms with Gasteiger partial charge in [0.15, 0.2) is 0 Å². The van der Waals surface area contributed by atoms with E-state index in [1.54, 1.807) is 6.92 Å². The normalized spacial score (nSPS) is 26.0. The van der Waals surface area contributed by atoms with E-state index in [2.05, 4.69) is 0 Å². The van der Waals surface area contributed by atoms with Crippen molar-refractivity contribution in [2.45, 2.75) is 26.4 Å². The molecule has 0 radical (unpaired) electrons. The third-order valence-corrected chi connectivity index (χ3v) is 3.43. The first-order valence-corrected chi connectivity index (χ1v) is 6.61. The van der Waals surface area contributed by atoms with Crippen LogP contribution in [0.4, 0.5) is 0 Å². The molecule has 1 fully saturated rings. The van der Waals surface area contributed by atoms with E-state index in [9.17, 15) is 9.59 Å². The van der Waals surface area contributed by atoms with Gasteiger partial charge < -0.3 is 9.47 Å². The van der Waals surface area contributed by atoms with E-state index in [1.165, 1.54) is 0 Å². The van der Waals surface area contributed by atoms with E-state index in [0.717, 1.165) is 5.56 Å². The molecular weight excluding hydrogens is 244 g/mol. The summed E-state index contributed by atoms with van der Waals surface area (Å²) in [6, 6.07) is 9.34. The number of rotatable bonds is 4. The lowest BCUT2D eigenvalue weighted by Gasteiger charge is -2.18. The van der Waals surface area contributed by atoms with E-state index >= 15 is 0 Å². The maximum absolute atomic E-state index is 12.1. The lowest BCUT2D eigenvalue weighted by Crippen LogP contribution is -2.27. The molecule has 1 heterocycles. The fraction of sp³-hybridized carbons (Fsp3) is 0.467. The van der Waals surface area contributed by atoms with E-state index in [-0.39, 0.29) is 11.9 Å². The molecule has 0 N–H and O–H groups in total. The van der Waals surface area contributed by atoms with Gasteiger partial charge in [0.1, 0.15) is 12.0 Å². The Bertz CT molecular complexity index is 454. The van der Waals surface area contributed by atoms with E-state index in [4.69, 9.17) is 9.47 Å². The Balaban J connectivity index is 2.31. The largest absolute Gasteiger partial charge is 0.466 e. The Morgan fingerprint density at radius 1 is 1.26 bits per heavy atom. The molecule has 19 heavy (non-hydrogen) atoms. The van der Waals surface area contributed by atoms with Crippen molar-refractivity contribution in [1.29, 1.82) is 0 Å². The van der Waals surface area contributed by atoms with Crippen molar-refractivity contribution in [2.24, 2.45) is 11.8 Å². The Labute approximate surface area is 112 Å². The van der Waals surface area contributed by atoms with Crippen LogP contribution in [0.3, 0.4) is 0 Å². The molecule has 0 bridgehead atoms. The van der Waals surface area contributed by atoms with Crippen molar-refractivity contribution < 1.29 is 19.1 Å². The molecule has 0 aliphatic carbocycles. The average molecular weight is 262 g/mol. The van der Waals surface area contributed by atoms with E-state index in [1.807, 2.05) is 37.3 Å². The standard InChI is InChI=1S/C15H18O4/c1-3-11-12(15(17)18-4-2)13(19-14(11)16)10-8-6-5-7-9-10/h5-9,11-13H,3-4H2,1-2H3/t11-,12+,13+/m1/s1. The minimum absolute atomic E-state index is 0.307. The maximum Gasteiger partial charge on any atom is 0.313 e. The fourth-order valence-corrected chi connectivity index (χ4v) is 2.51. The summed E-state index contributed by atoms with van der Waals surface area (Å²) < 4.78 is 10.5. The van der Waals surface area contributed by atoms with Crippen LogP contribution in [0.15, 0.2) is 30.3 Å². The van der Waals surface area contributed by atoms with Gasteiger partial charge in [-0.25, -0.2) is 0 Å². The number of carbonyl (C=O) groups is 2. The monoisotopic (exact) mass is 262 g/mol. The molecule has 1 aromatic rings.